The normalized spacial score (nSPS) is 11.1. The molecule has 0 atom stereocenters. The van der Waals surface area contributed by atoms with E-state index in [1.165, 1.54) is 10.9 Å². The van der Waals surface area contributed by atoms with Crippen molar-refractivity contribution in [1.29, 1.82) is 5.26 Å². The summed E-state index contributed by atoms with van der Waals surface area (Å²) in [6.45, 7) is 2.41. The van der Waals surface area contributed by atoms with Crippen LogP contribution in [0.25, 0.3) is 5.69 Å². The van der Waals surface area contributed by atoms with Crippen LogP contribution in [-0.4, -0.2) is 28.8 Å². The number of carbonyl (C=O) groups excluding carboxylic acids is 1. The lowest BCUT2D eigenvalue weighted by Crippen LogP contribution is -2.31. The van der Waals surface area contributed by atoms with Gasteiger partial charge in [-0.25, -0.2) is 4.68 Å². The fourth-order valence-corrected chi connectivity index (χ4v) is 2.53. The van der Waals surface area contributed by atoms with Crippen LogP contribution in [0.2, 0.25) is 5.02 Å². The number of carbonyl (C=O) groups is 1. The zero-order valence-electron chi connectivity index (χ0n) is 14.4. The van der Waals surface area contributed by atoms with Crippen LogP contribution in [0.15, 0.2) is 24.4 Å². The van der Waals surface area contributed by atoms with E-state index in [-0.39, 0.29) is 34.5 Å². The fourth-order valence-electron chi connectivity index (χ4n) is 2.27. The van der Waals surface area contributed by atoms with Crippen molar-refractivity contribution in [2.75, 3.05) is 18.4 Å². The highest BCUT2D eigenvalue weighted by atomic mass is 35.5. The van der Waals surface area contributed by atoms with E-state index >= 15 is 0 Å². The topological polar surface area (TPSA) is 82.7 Å². The Kier molecular flexibility index (Phi) is 6.69. The molecule has 0 fully saturated rings. The monoisotopic (exact) mass is 399 g/mol. The Balaban J connectivity index is 2.25. The minimum absolute atomic E-state index is 0.123. The molecule has 1 aromatic carbocycles. The van der Waals surface area contributed by atoms with Crippen LogP contribution in [0.3, 0.4) is 0 Å². The van der Waals surface area contributed by atoms with Crippen LogP contribution in [0, 0.1) is 11.3 Å². The molecule has 144 valence electrons. The first-order valence-corrected chi connectivity index (χ1v) is 8.51. The number of hydrogen-bond donors (Lipinski definition) is 2. The summed E-state index contributed by atoms with van der Waals surface area (Å²) in [5.74, 6) is -0.108. The van der Waals surface area contributed by atoms with Crippen molar-refractivity contribution in [2.45, 2.75) is 25.9 Å². The zero-order valence-corrected chi connectivity index (χ0v) is 15.2. The molecule has 0 aliphatic rings. The summed E-state index contributed by atoms with van der Waals surface area (Å²) in [7, 11) is 0. The van der Waals surface area contributed by atoms with Gasteiger partial charge in [0.05, 0.1) is 29.0 Å². The SMILES string of the molecule is CCCCNC(=O)CNc1c(C#N)cnn1-c1ccc(C(F)(F)F)cc1Cl. The standard InChI is InChI=1S/C17H17ClF3N5O/c1-2-3-6-23-15(27)10-24-16-11(8-22)9-25-26(16)14-5-4-12(7-13(14)18)17(19,20)21/h4-5,7,9,24H,2-3,6,10H2,1H3,(H,23,27). The number of hydrogen-bond acceptors (Lipinski definition) is 4. The first-order chi connectivity index (χ1) is 12.8. The van der Waals surface area contributed by atoms with E-state index in [0.717, 1.165) is 31.0 Å². The van der Waals surface area contributed by atoms with Crippen LogP contribution in [0.1, 0.15) is 30.9 Å². The second kappa shape index (κ2) is 8.77. The van der Waals surface area contributed by atoms with Gasteiger partial charge in [-0.15, -0.1) is 0 Å². The highest BCUT2D eigenvalue weighted by molar-refractivity contribution is 6.32. The van der Waals surface area contributed by atoms with Crippen LogP contribution in [0.5, 0.6) is 0 Å². The number of amides is 1. The number of benzene rings is 1. The van der Waals surface area contributed by atoms with Crippen molar-refractivity contribution in [1.82, 2.24) is 15.1 Å². The van der Waals surface area contributed by atoms with Crippen molar-refractivity contribution < 1.29 is 18.0 Å². The van der Waals surface area contributed by atoms with Gasteiger partial charge in [-0.05, 0) is 24.6 Å². The van der Waals surface area contributed by atoms with E-state index < -0.39 is 11.7 Å². The molecule has 0 spiro atoms. The number of aromatic nitrogens is 2. The minimum atomic E-state index is -4.53. The highest BCUT2D eigenvalue weighted by Gasteiger charge is 2.31. The Bertz CT molecular complexity index is 857. The summed E-state index contributed by atoms with van der Waals surface area (Å²) in [6.07, 6.45) is -1.51. The van der Waals surface area contributed by atoms with Gasteiger partial charge in [-0.3, -0.25) is 4.79 Å². The van der Waals surface area contributed by atoms with Crippen LogP contribution in [-0.2, 0) is 11.0 Å². The average molecular weight is 400 g/mol. The quantitative estimate of drug-likeness (QED) is 0.695. The molecule has 0 bridgehead atoms. The number of nitrogens with one attached hydrogen (secondary N) is 2. The third kappa shape index (κ3) is 5.14. The van der Waals surface area contributed by atoms with Crippen molar-refractivity contribution in [3.05, 3.63) is 40.5 Å². The van der Waals surface area contributed by atoms with Crippen LogP contribution >= 0.6 is 11.6 Å². The largest absolute Gasteiger partial charge is 0.416 e. The third-order valence-electron chi connectivity index (χ3n) is 3.66. The van der Waals surface area contributed by atoms with E-state index in [4.69, 9.17) is 11.6 Å². The molecule has 1 aromatic heterocycles. The molecule has 27 heavy (non-hydrogen) atoms. The molecule has 1 heterocycles. The lowest BCUT2D eigenvalue weighted by Gasteiger charge is -2.13. The molecule has 2 rings (SSSR count). The second-order valence-corrected chi connectivity index (χ2v) is 6.06. The Labute approximate surface area is 158 Å². The van der Waals surface area contributed by atoms with Crippen LogP contribution in [0.4, 0.5) is 19.0 Å². The number of nitrogens with zero attached hydrogens (tertiary/aromatic N) is 3. The Morgan fingerprint density at radius 1 is 1.41 bits per heavy atom. The minimum Gasteiger partial charge on any atom is -0.360 e. The molecule has 2 aromatic rings. The fraction of sp³-hybridized carbons (Fsp3) is 0.353. The van der Waals surface area contributed by atoms with Crippen molar-refractivity contribution in [3.63, 3.8) is 0 Å². The van der Waals surface area contributed by atoms with Crippen LogP contribution < -0.4 is 10.6 Å². The van der Waals surface area contributed by atoms with Gasteiger partial charge < -0.3 is 10.6 Å². The molecule has 0 saturated carbocycles. The molecule has 10 heteroatoms. The smallest absolute Gasteiger partial charge is 0.360 e. The zero-order chi connectivity index (χ0) is 20.0. The lowest BCUT2D eigenvalue weighted by molar-refractivity contribution is -0.137. The second-order valence-electron chi connectivity index (χ2n) is 5.65. The van der Waals surface area contributed by atoms with E-state index in [1.54, 1.807) is 0 Å². The summed E-state index contributed by atoms with van der Waals surface area (Å²) in [5, 5.41) is 18.5. The number of rotatable bonds is 7. The van der Waals surface area contributed by atoms with Gasteiger partial charge in [0.2, 0.25) is 5.91 Å². The average Bonchev–Trinajstić information content (AvgIpc) is 3.02. The number of unbranched alkanes of at least 4 members (excludes halogenated alkanes) is 1. The van der Waals surface area contributed by atoms with Gasteiger partial charge in [0.1, 0.15) is 17.5 Å². The predicted molar refractivity (Wildman–Crippen MR) is 94.7 cm³/mol. The maximum Gasteiger partial charge on any atom is 0.416 e. The van der Waals surface area contributed by atoms with Crippen molar-refractivity contribution in [2.24, 2.45) is 0 Å². The van der Waals surface area contributed by atoms with Crippen molar-refractivity contribution in [3.8, 4) is 11.8 Å². The third-order valence-corrected chi connectivity index (χ3v) is 3.96. The Hall–Kier alpha value is -2.73. The molecule has 0 unspecified atom stereocenters. The first-order valence-electron chi connectivity index (χ1n) is 8.13. The molecular formula is C17H17ClF3N5O. The number of halogens is 4. The predicted octanol–water partition coefficient (Wildman–Crippen LogP) is 3.74. The maximum atomic E-state index is 12.8. The number of anilines is 1. The summed E-state index contributed by atoms with van der Waals surface area (Å²) in [4.78, 5) is 11.8. The number of alkyl halides is 3. The van der Waals surface area contributed by atoms with Gasteiger partial charge in [-0.2, -0.15) is 23.5 Å². The molecule has 2 N–H and O–H groups in total. The summed E-state index contributed by atoms with van der Waals surface area (Å²) in [5.41, 5.74) is -0.610. The maximum absolute atomic E-state index is 12.8. The van der Waals surface area contributed by atoms with Crippen molar-refractivity contribution >= 4 is 23.3 Å². The Morgan fingerprint density at radius 3 is 2.74 bits per heavy atom. The van der Waals surface area contributed by atoms with Gasteiger partial charge in [0, 0.05) is 6.54 Å². The van der Waals surface area contributed by atoms with Gasteiger partial charge in [0.15, 0.2) is 0 Å². The molecular weight excluding hydrogens is 383 g/mol. The summed E-state index contributed by atoms with van der Waals surface area (Å²) in [6, 6.07) is 4.73. The molecule has 0 saturated heterocycles. The molecule has 0 aliphatic heterocycles. The van der Waals surface area contributed by atoms with E-state index in [1.807, 2.05) is 13.0 Å². The summed E-state index contributed by atoms with van der Waals surface area (Å²) < 4.78 is 39.6. The summed E-state index contributed by atoms with van der Waals surface area (Å²) >= 11 is 5.99. The van der Waals surface area contributed by atoms with Gasteiger partial charge in [-0.1, -0.05) is 24.9 Å². The molecule has 0 radical (unpaired) electrons. The molecule has 1 amide bonds. The van der Waals surface area contributed by atoms with E-state index in [9.17, 15) is 23.2 Å². The number of nitriles is 1. The van der Waals surface area contributed by atoms with Gasteiger partial charge >= 0.3 is 6.18 Å². The van der Waals surface area contributed by atoms with Gasteiger partial charge in [0.25, 0.3) is 0 Å². The lowest BCUT2D eigenvalue weighted by atomic mass is 10.2. The molecule has 6 nitrogen and oxygen atoms in total. The first kappa shape index (κ1) is 20.6. The Morgan fingerprint density at radius 2 is 2.15 bits per heavy atom. The van der Waals surface area contributed by atoms with E-state index in [2.05, 4.69) is 15.7 Å². The molecule has 0 aliphatic carbocycles. The highest BCUT2D eigenvalue weighted by Crippen LogP contribution is 2.34. The van der Waals surface area contributed by atoms with E-state index in [0.29, 0.717) is 6.54 Å².